The van der Waals surface area contributed by atoms with Crippen LogP contribution >= 0.6 is 0 Å². The highest BCUT2D eigenvalue weighted by Crippen LogP contribution is 2.40. The van der Waals surface area contributed by atoms with Crippen LogP contribution < -0.4 is 10.3 Å². The van der Waals surface area contributed by atoms with E-state index in [4.69, 9.17) is 4.42 Å². The third-order valence-electron chi connectivity index (χ3n) is 5.09. The van der Waals surface area contributed by atoms with Gasteiger partial charge in [0.05, 0.1) is 17.0 Å². The van der Waals surface area contributed by atoms with Gasteiger partial charge >= 0.3 is 0 Å². The number of nitrogens with zero attached hydrogens (tertiary/aromatic N) is 2. The minimum atomic E-state index is -0.710. The molecule has 1 unspecified atom stereocenters. The van der Waals surface area contributed by atoms with Gasteiger partial charge < -0.3 is 4.42 Å². The molecule has 29 heavy (non-hydrogen) atoms. The van der Waals surface area contributed by atoms with Crippen LogP contribution in [0.2, 0.25) is 0 Å². The van der Waals surface area contributed by atoms with Gasteiger partial charge in [-0.25, -0.2) is 9.37 Å². The highest BCUT2D eigenvalue weighted by atomic mass is 19.1. The van der Waals surface area contributed by atoms with E-state index in [9.17, 15) is 14.0 Å². The number of halogens is 1. The Labute approximate surface area is 165 Å². The zero-order valence-corrected chi connectivity index (χ0v) is 15.4. The average molecular weight is 386 g/mol. The largest absolute Gasteiger partial charge is 0.450 e. The van der Waals surface area contributed by atoms with E-state index < -0.39 is 23.2 Å². The van der Waals surface area contributed by atoms with Crippen molar-refractivity contribution in [2.45, 2.75) is 13.0 Å². The van der Waals surface area contributed by atoms with Gasteiger partial charge in [0.25, 0.3) is 5.91 Å². The summed E-state index contributed by atoms with van der Waals surface area (Å²) in [4.78, 5) is 32.5. The first-order chi connectivity index (χ1) is 14.0. The summed E-state index contributed by atoms with van der Waals surface area (Å²) in [5.41, 5.74) is 1.64. The van der Waals surface area contributed by atoms with E-state index in [1.165, 1.54) is 17.0 Å². The third-order valence-corrected chi connectivity index (χ3v) is 5.09. The maximum absolute atomic E-state index is 13.8. The zero-order valence-electron chi connectivity index (χ0n) is 15.4. The number of carbonyl (C=O) groups is 1. The van der Waals surface area contributed by atoms with E-state index in [1.54, 1.807) is 12.3 Å². The summed E-state index contributed by atoms with van der Waals surface area (Å²) in [5, 5.41) is 0.108. The molecule has 142 valence electrons. The monoisotopic (exact) mass is 386 g/mol. The fourth-order valence-corrected chi connectivity index (χ4v) is 3.73. The Morgan fingerprint density at radius 2 is 1.83 bits per heavy atom. The van der Waals surface area contributed by atoms with E-state index in [0.29, 0.717) is 5.82 Å². The Hall–Kier alpha value is -3.80. The molecule has 5 nitrogen and oxygen atoms in total. The highest BCUT2D eigenvalue weighted by molar-refractivity contribution is 6.10. The Balaban J connectivity index is 1.82. The number of fused-ring (bicyclic) bond motifs is 2. The molecule has 2 aromatic carbocycles. The molecule has 0 N–H and O–H groups in total. The lowest BCUT2D eigenvalue weighted by molar-refractivity contribution is 0.0970. The molecule has 0 aliphatic carbocycles. The van der Waals surface area contributed by atoms with E-state index >= 15 is 0 Å². The summed E-state index contributed by atoms with van der Waals surface area (Å²) >= 11 is 0. The number of carbonyl (C=O) groups excluding carboxylic acids is 1. The van der Waals surface area contributed by atoms with Crippen LogP contribution in [0.5, 0.6) is 0 Å². The minimum Gasteiger partial charge on any atom is -0.450 e. The lowest BCUT2D eigenvalue weighted by Gasteiger charge is -2.24. The number of pyridine rings is 1. The molecule has 3 heterocycles. The molecular weight excluding hydrogens is 371 g/mol. The molecule has 0 bridgehead atoms. The Morgan fingerprint density at radius 1 is 1.03 bits per heavy atom. The fourth-order valence-electron chi connectivity index (χ4n) is 3.73. The molecule has 0 saturated heterocycles. The number of benzene rings is 2. The van der Waals surface area contributed by atoms with Gasteiger partial charge in [0.2, 0.25) is 5.76 Å². The fraction of sp³-hybridized carbons (Fsp3) is 0.0870. The number of hydrogen-bond acceptors (Lipinski definition) is 4. The molecule has 0 fully saturated rings. The topological polar surface area (TPSA) is 63.4 Å². The van der Waals surface area contributed by atoms with Crippen molar-refractivity contribution in [2.24, 2.45) is 0 Å². The van der Waals surface area contributed by atoms with Gasteiger partial charge in [-0.1, -0.05) is 36.4 Å². The van der Waals surface area contributed by atoms with Gasteiger partial charge in [0.1, 0.15) is 17.2 Å². The van der Waals surface area contributed by atoms with Crippen LogP contribution in [0.4, 0.5) is 10.2 Å². The Morgan fingerprint density at radius 3 is 2.55 bits per heavy atom. The number of hydrogen-bond donors (Lipinski definition) is 0. The van der Waals surface area contributed by atoms with Crippen molar-refractivity contribution in [2.75, 3.05) is 4.90 Å². The molecular formula is C23H15FN2O3. The van der Waals surface area contributed by atoms with Crippen LogP contribution in [0.15, 0.2) is 76.1 Å². The van der Waals surface area contributed by atoms with Crippen molar-refractivity contribution in [1.82, 2.24) is 4.98 Å². The predicted octanol–water partition coefficient (Wildman–Crippen LogP) is 4.39. The molecule has 1 amide bonds. The van der Waals surface area contributed by atoms with Crippen molar-refractivity contribution >= 4 is 22.7 Å². The summed E-state index contributed by atoms with van der Waals surface area (Å²) in [6.45, 7) is 1.90. The standard InChI is InChI=1S/C23H15FN2O3/c1-13-7-10-18(25-12-13)26-20(14-5-3-2-4-6-14)19-21(27)16-11-15(24)8-9-17(16)29-22(19)23(26)28/h2-12,20H,1H3. The summed E-state index contributed by atoms with van der Waals surface area (Å²) in [6, 6.07) is 15.8. The molecule has 1 aliphatic rings. The van der Waals surface area contributed by atoms with E-state index in [1.807, 2.05) is 43.3 Å². The Kier molecular flexibility index (Phi) is 3.81. The van der Waals surface area contributed by atoms with E-state index in [0.717, 1.165) is 17.2 Å². The van der Waals surface area contributed by atoms with Crippen LogP contribution in [0.1, 0.15) is 33.3 Å². The molecule has 5 rings (SSSR count). The zero-order chi connectivity index (χ0) is 20.1. The van der Waals surface area contributed by atoms with Crippen molar-refractivity contribution < 1.29 is 13.6 Å². The lowest BCUT2D eigenvalue weighted by atomic mass is 9.98. The summed E-state index contributed by atoms with van der Waals surface area (Å²) < 4.78 is 19.6. The lowest BCUT2D eigenvalue weighted by Crippen LogP contribution is -2.30. The number of amides is 1. The number of rotatable bonds is 2. The average Bonchev–Trinajstić information content (AvgIpc) is 3.03. The van der Waals surface area contributed by atoms with Crippen LogP contribution in [0.3, 0.4) is 0 Å². The SMILES string of the molecule is Cc1ccc(N2C(=O)c3oc4ccc(F)cc4c(=O)c3C2c2ccccc2)nc1. The normalized spacial score (nSPS) is 15.7. The summed E-state index contributed by atoms with van der Waals surface area (Å²) in [7, 11) is 0. The van der Waals surface area contributed by atoms with E-state index in [-0.39, 0.29) is 22.3 Å². The molecule has 0 spiro atoms. The predicted molar refractivity (Wildman–Crippen MR) is 107 cm³/mol. The first-order valence-electron chi connectivity index (χ1n) is 9.12. The smallest absolute Gasteiger partial charge is 0.296 e. The maximum atomic E-state index is 13.8. The van der Waals surface area contributed by atoms with E-state index in [2.05, 4.69) is 4.98 Å². The van der Waals surface area contributed by atoms with Crippen molar-refractivity contribution in [3.8, 4) is 0 Å². The molecule has 1 aliphatic heterocycles. The van der Waals surface area contributed by atoms with Crippen LogP contribution in [-0.2, 0) is 0 Å². The van der Waals surface area contributed by atoms with Gasteiger partial charge in [0.15, 0.2) is 5.43 Å². The molecule has 2 aromatic heterocycles. The second kappa shape index (κ2) is 6.38. The first-order valence-corrected chi connectivity index (χ1v) is 9.12. The third kappa shape index (κ3) is 2.64. The number of aryl methyl sites for hydroxylation is 1. The van der Waals surface area contributed by atoms with Crippen LogP contribution in [0, 0.1) is 12.7 Å². The first kappa shape index (κ1) is 17.3. The van der Waals surface area contributed by atoms with Gasteiger partial charge in [0, 0.05) is 6.20 Å². The number of aromatic nitrogens is 1. The second-order valence-corrected chi connectivity index (χ2v) is 7.00. The molecule has 0 radical (unpaired) electrons. The van der Waals surface area contributed by atoms with Gasteiger partial charge in [-0.05, 0) is 42.3 Å². The van der Waals surface area contributed by atoms with Crippen molar-refractivity contribution in [3.63, 3.8) is 0 Å². The maximum Gasteiger partial charge on any atom is 0.296 e. The highest BCUT2D eigenvalue weighted by Gasteiger charge is 2.44. The molecule has 6 heteroatoms. The second-order valence-electron chi connectivity index (χ2n) is 7.00. The van der Waals surface area contributed by atoms with Crippen LogP contribution in [-0.4, -0.2) is 10.9 Å². The van der Waals surface area contributed by atoms with Crippen molar-refractivity contribution in [3.05, 3.63) is 105 Å². The minimum absolute atomic E-state index is 0.0367. The molecule has 4 aromatic rings. The molecule has 1 atom stereocenters. The van der Waals surface area contributed by atoms with Crippen molar-refractivity contribution in [1.29, 1.82) is 0 Å². The quantitative estimate of drug-likeness (QED) is 0.513. The number of anilines is 1. The van der Waals surface area contributed by atoms with Gasteiger partial charge in [-0.2, -0.15) is 0 Å². The van der Waals surface area contributed by atoms with Gasteiger partial charge in [-0.15, -0.1) is 0 Å². The summed E-state index contributed by atoms with van der Waals surface area (Å²) in [5.74, 6) is -0.614. The molecule has 0 saturated carbocycles. The van der Waals surface area contributed by atoms with Gasteiger partial charge in [-0.3, -0.25) is 14.5 Å². The van der Waals surface area contributed by atoms with Crippen LogP contribution in [0.25, 0.3) is 11.0 Å². The Bertz CT molecular complexity index is 1310. The summed E-state index contributed by atoms with van der Waals surface area (Å²) in [6.07, 6.45) is 1.66.